The number of carboxylic acid groups (broad SMARTS) is 1. The standard InChI is InChI=1S/C27H36N2O4/c1-27(2,3)21-12-10-20(11-13-21)26-28-23-15-14-22(33-18-7-5-6-9-25(30)31)19-24(23)29(26)16-8-17-32-4/h10-15,19H,5-9,16-18H2,1-4H3,(H,30,31). The van der Waals surface area contributed by atoms with E-state index in [4.69, 9.17) is 19.6 Å². The van der Waals surface area contributed by atoms with E-state index in [-0.39, 0.29) is 11.8 Å². The maximum absolute atomic E-state index is 10.6. The van der Waals surface area contributed by atoms with Crippen molar-refractivity contribution in [1.82, 2.24) is 9.55 Å². The van der Waals surface area contributed by atoms with E-state index in [1.807, 2.05) is 12.1 Å². The van der Waals surface area contributed by atoms with Crippen molar-refractivity contribution in [2.75, 3.05) is 20.3 Å². The van der Waals surface area contributed by atoms with Crippen LogP contribution in [0.1, 0.15) is 58.4 Å². The van der Waals surface area contributed by atoms with Crippen LogP contribution in [-0.4, -0.2) is 41.0 Å². The van der Waals surface area contributed by atoms with Gasteiger partial charge in [0.25, 0.3) is 0 Å². The van der Waals surface area contributed by atoms with Gasteiger partial charge in [-0.3, -0.25) is 4.79 Å². The van der Waals surface area contributed by atoms with Gasteiger partial charge in [0.2, 0.25) is 0 Å². The number of ether oxygens (including phenoxy) is 2. The average Bonchev–Trinajstić information content (AvgIpc) is 3.13. The van der Waals surface area contributed by atoms with Gasteiger partial charge in [0.1, 0.15) is 11.6 Å². The third-order valence-electron chi connectivity index (χ3n) is 5.76. The number of aryl methyl sites for hydroxylation is 1. The summed E-state index contributed by atoms with van der Waals surface area (Å²) in [7, 11) is 1.72. The van der Waals surface area contributed by atoms with E-state index < -0.39 is 5.97 Å². The summed E-state index contributed by atoms with van der Waals surface area (Å²) in [6, 6.07) is 14.7. The first-order valence-corrected chi connectivity index (χ1v) is 11.7. The Morgan fingerprint density at radius 1 is 1.00 bits per heavy atom. The topological polar surface area (TPSA) is 73.6 Å². The molecule has 1 N–H and O–H groups in total. The number of hydrogen-bond acceptors (Lipinski definition) is 4. The molecule has 3 rings (SSSR count). The summed E-state index contributed by atoms with van der Waals surface area (Å²) in [6.45, 7) is 8.72. The van der Waals surface area contributed by atoms with E-state index in [0.717, 1.165) is 54.0 Å². The molecule has 0 amide bonds. The summed E-state index contributed by atoms with van der Waals surface area (Å²) < 4.78 is 13.5. The van der Waals surface area contributed by atoms with Gasteiger partial charge in [0.05, 0.1) is 17.6 Å². The van der Waals surface area contributed by atoms with Crippen LogP contribution in [-0.2, 0) is 21.5 Å². The Kier molecular flexibility index (Phi) is 8.50. The van der Waals surface area contributed by atoms with Gasteiger partial charge in [-0.05, 0) is 48.8 Å². The van der Waals surface area contributed by atoms with Crippen LogP contribution in [0.5, 0.6) is 5.75 Å². The van der Waals surface area contributed by atoms with Crippen molar-refractivity contribution in [3.8, 4) is 17.1 Å². The Morgan fingerprint density at radius 3 is 2.42 bits per heavy atom. The first kappa shape index (κ1) is 24.8. The molecule has 0 spiro atoms. The number of unbranched alkanes of at least 4 members (excludes halogenated alkanes) is 2. The largest absolute Gasteiger partial charge is 0.494 e. The number of carboxylic acids is 1. The zero-order valence-corrected chi connectivity index (χ0v) is 20.3. The third-order valence-corrected chi connectivity index (χ3v) is 5.76. The molecule has 0 unspecified atom stereocenters. The van der Waals surface area contributed by atoms with Gasteiger partial charge in [-0.15, -0.1) is 0 Å². The van der Waals surface area contributed by atoms with Crippen LogP contribution in [0.4, 0.5) is 0 Å². The fourth-order valence-electron chi connectivity index (χ4n) is 3.87. The number of aromatic nitrogens is 2. The minimum absolute atomic E-state index is 0.108. The zero-order valence-electron chi connectivity index (χ0n) is 20.3. The molecule has 0 atom stereocenters. The molecule has 6 heteroatoms. The van der Waals surface area contributed by atoms with Gasteiger partial charge in [0, 0.05) is 38.3 Å². The number of hydrogen-bond donors (Lipinski definition) is 1. The smallest absolute Gasteiger partial charge is 0.303 e. The Morgan fingerprint density at radius 2 is 1.76 bits per heavy atom. The van der Waals surface area contributed by atoms with Crippen molar-refractivity contribution in [2.24, 2.45) is 0 Å². The molecule has 0 fully saturated rings. The average molecular weight is 453 g/mol. The molecule has 1 aromatic heterocycles. The van der Waals surface area contributed by atoms with Gasteiger partial charge < -0.3 is 19.1 Å². The van der Waals surface area contributed by atoms with Crippen molar-refractivity contribution >= 4 is 17.0 Å². The molecule has 178 valence electrons. The minimum Gasteiger partial charge on any atom is -0.494 e. The molecule has 0 aliphatic heterocycles. The predicted octanol–water partition coefficient (Wildman–Crippen LogP) is 6.06. The lowest BCUT2D eigenvalue weighted by Gasteiger charge is -2.19. The predicted molar refractivity (Wildman–Crippen MR) is 132 cm³/mol. The van der Waals surface area contributed by atoms with E-state index in [2.05, 4.69) is 55.7 Å². The second kappa shape index (κ2) is 11.3. The second-order valence-electron chi connectivity index (χ2n) is 9.46. The summed E-state index contributed by atoms with van der Waals surface area (Å²) in [5, 5.41) is 8.74. The molecule has 0 radical (unpaired) electrons. The monoisotopic (exact) mass is 452 g/mol. The Labute approximate surface area is 196 Å². The lowest BCUT2D eigenvalue weighted by molar-refractivity contribution is -0.137. The van der Waals surface area contributed by atoms with Crippen molar-refractivity contribution in [2.45, 2.75) is 64.8 Å². The molecule has 33 heavy (non-hydrogen) atoms. The van der Waals surface area contributed by atoms with Crippen molar-refractivity contribution in [1.29, 1.82) is 0 Å². The number of imidazole rings is 1. The molecule has 6 nitrogen and oxygen atoms in total. The molecule has 0 aliphatic rings. The Bertz CT molecular complexity index is 1050. The van der Waals surface area contributed by atoms with E-state index in [1.165, 1.54) is 5.56 Å². The number of nitrogens with zero attached hydrogens (tertiary/aromatic N) is 2. The van der Waals surface area contributed by atoms with Crippen molar-refractivity contribution in [3.63, 3.8) is 0 Å². The lowest BCUT2D eigenvalue weighted by Crippen LogP contribution is -2.10. The quantitative estimate of drug-likeness (QED) is 0.338. The van der Waals surface area contributed by atoms with E-state index in [9.17, 15) is 4.79 Å². The minimum atomic E-state index is -0.744. The van der Waals surface area contributed by atoms with Gasteiger partial charge in [0.15, 0.2) is 0 Å². The first-order chi connectivity index (χ1) is 15.8. The van der Waals surface area contributed by atoms with Crippen LogP contribution in [0, 0.1) is 0 Å². The SMILES string of the molecule is COCCCn1c(-c2ccc(C(C)(C)C)cc2)nc2ccc(OCCCCCC(=O)O)cc21. The fourth-order valence-corrected chi connectivity index (χ4v) is 3.87. The fraction of sp³-hybridized carbons (Fsp3) is 0.481. The number of carbonyl (C=O) groups is 1. The maximum Gasteiger partial charge on any atom is 0.303 e. The molecular formula is C27H36N2O4. The summed E-state index contributed by atoms with van der Waals surface area (Å²) in [5.74, 6) is 1.02. The van der Waals surface area contributed by atoms with E-state index in [1.54, 1.807) is 7.11 Å². The number of fused-ring (bicyclic) bond motifs is 1. The van der Waals surface area contributed by atoms with Gasteiger partial charge >= 0.3 is 5.97 Å². The summed E-state index contributed by atoms with van der Waals surface area (Å²) in [5.41, 5.74) is 4.49. The Balaban J connectivity index is 1.81. The summed E-state index contributed by atoms with van der Waals surface area (Å²) in [4.78, 5) is 15.6. The van der Waals surface area contributed by atoms with Gasteiger partial charge in [-0.2, -0.15) is 0 Å². The van der Waals surface area contributed by atoms with Gasteiger partial charge in [-0.25, -0.2) is 4.98 Å². The molecule has 1 heterocycles. The molecular weight excluding hydrogens is 416 g/mol. The van der Waals surface area contributed by atoms with Crippen LogP contribution < -0.4 is 4.74 Å². The lowest BCUT2D eigenvalue weighted by atomic mass is 9.87. The molecule has 0 bridgehead atoms. The maximum atomic E-state index is 10.6. The van der Waals surface area contributed by atoms with Crippen LogP contribution in [0.15, 0.2) is 42.5 Å². The highest BCUT2D eigenvalue weighted by molar-refractivity contribution is 5.82. The van der Waals surface area contributed by atoms with Crippen molar-refractivity contribution < 1.29 is 19.4 Å². The van der Waals surface area contributed by atoms with Crippen LogP contribution in [0.2, 0.25) is 0 Å². The summed E-state index contributed by atoms with van der Waals surface area (Å²) in [6.07, 6.45) is 3.47. The number of aliphatic carboxylic acids is 1. The van der Waals surface area contributed by atoms with Crippen LogP contribution in [0.25, 0.3) is 22.4 Å². The number of methoxy groups -OCH3 is 1. The highest BCUT2D eigenvalue weighted by Gasteiger charge is 2.16. The Hall–Kier alpha value is -2.86. The molecule has 0 aliphatic carbocycles. The molecule has 2 aromatic carbocycles. The number of benzene rings is 2. The van der Waals surface area contributed by atoms with E-state index >= 15 is 0 Å². The second-order valence-corrected chi connectivity index (χ2v) is 9.46. The summed E-state index contributed by atoms with van der Waals surface area (Å²) >= 11 is 0. The highest BCUT2D eigenvalue weighted by atomic mass is 16.5. The molecule has 3 aromatic rings. The van der Waals surface area contributed by atoms with Crippen molar-refractivity contribution in [3.05, 3.63) is 48.0 Å². The highest BCUT2D eigenvalue weighted by Crippen LogP contribution is 2.30. The van der Waals surface area contributed by atoms with Crippen LogP contribution >= 0.6 is 0 Å². The normalized spacial score (nSPS) is 11.8. The number of rotatable bonds is 12. The first-order valence-electron chi connectivity index (χ1n) is 11.7. The van der Waals surface area contributed by atoms with Crippen LogP contribution in [0.3, 0.4) is 0 Å². The third kappa shape index (κ3) is 6.81. The molecule has 0 saturated heterocycles. The van der Waals surface area contributed by atoms with Gasteiger partial charge in [-0.1, -0.05) is 45.0 Å². The zero-order chi connectivity index (χ0) is 23.8. The van der Waals surface area contributed by atoms with E-state index in [0.29, 0.717) is 19.6 Å². The molecule has 0 saturated carbocycles.